The van der Waals surface area contributed by atoms with Crippen LogP contribution in [-0.4, -0.2) is 84.3 Å². The second-order valence-electron chi connectivity index (χ2n) is 11.2. The molecule has 4 aromatic carbocycles. The molecule has 8 heteroatoms. The van der Waals surface area contributed by atoms with Crippen LogP contribution in [0.15, 0.2) is 97.1 Å². The highest BCUT2D eigenvalue weighted by molar-refractivity contribution is 6.10. The zero-order chi connectivity index (χ0) is 28.6. The predicted octanol–water partition coefficient (Wildman–Crippen LogP) is 4.01. The first kappa shape index (κ1) is 26.2. The lowest BCUT2D eigenvalue weighted by Gasteiger charge is -2.44. The Bertz CT molecular complexity index is 1650. The Morgan fingerprint density at radius 3 is 2.26 bits per heavy atom. The highest BCUT2D eigenvalue weighted by Gasteiger charge is 2.43. The van der Waals surface area contributed by atoms with E-state index in [1.54, 1.807) is 17.0 Å². The maximum atomic E-state index is 14.4. The normalized spacial score (nSPS) is 20.0. The minimum Gasteiger partial charge on any atom is -0.368 e. The Morgan fingerprint density at radius 1 is 0.738 bits per heavy atom. The van der Waals surface area contributed by atoms with E-state index in [1.807, 2.05) is 53.4 Å². The van der Waals surface area contributed by atoms with Crippen molar-refractivity contribution in [1.29, 1.82) is 0 Å². The van der Waals surface area contributed by atoms with Gasteiger partial charge < -0.3 is 20.0 Å². The number of para-hydroxylation sites is 2. The average Bonchev–Trinajstić information content (AvgIpc) is 3.15. The number of carbonyl (C=O) groups is 3. The summed E-state index contributed by atoms with van der Waals surface area (Å²) in [6, 6.07) is 30.5. The van der Waals surface area contributed by atoms with Crippen LogP contribution in [0.1, 0.15) is 22.0 Å². The minimum atomic E-state index is -0.690. The average molecular weight is 560 g/mol. The number of hydrogen-bond donors (Lipinski definition) is 1. The molecule has 0 aliphatic carbocycles. The SMILES string of the molecule is O=C1Nc2ccccc2C(=O)N2CCN(C(C(=O)N3CCN(c4ccccc4)CC3)c3ccc4ccccc4c3)C[C@@H]12. The van der Waals surface area contributed by atoms with Crippen molar-refractivity contribution in [2.24, 2.45) is 0 Å². The maximum absolute atomic E-state index is 14.4. The molecule has 0 spiro atoms. The summed E-state index contributed by atoms with van der Waals surface area (Å²) < 4.78 is 0. The van der Waals surface area contributed by atoms with Crippen molar-refractivity contribution < 1.29 is 14.4 Å². The van der Waals surface area contributed by atoms with Crippen molar-refractivity contribution in [3.05, 3.63) is 108 Å². The van der Waals surface area contributed by atoms with Crippen molar-refractivity contribution >= 4 is 39.9 Å². The zero-order valence-corrected chi connectivity index (χ0v) is 23.4. The Kier molecular flexibility index (Phi) is 6.83. The summed E-state index contributed by atoms with van der Waals surface area (Å²) >= 11 is 0. The second-order valence-corrected chi connectivity index (χ2v) is 11.2. The molecule has 7 rings (SSSR count). The van der Waals surface area contributed by atoms with Crippen LogP contribution in [-0.2, 0) is 9.59 Å². The Morgan fingerprint density at radius 2 is 1.45 bits per heavy atom. The van der Waals surface area contributed by atoms with Crippen molar-refractivity contribution in [3.8, 4) is 0 Å². The molecule has 1 N–H and O–H groups in total. The van der Waals surface area contributed by atoms with Crippen LogP contribution in [0.5, 0.6) is 0 Å². The van der Waals surface area contributed by atoms with Crippen LogP contribution in [0.4, 0.5) is 11.4 Å². The lowest BCUT2D eigenvalue weighted by Crippen LogP contribution is -2.61. The summed E-state index contributed by atoms with van der Waals surface area (Å²) in [6.45, 7) is 3.89. The number of piperazine rings is 2. The monoisotopic (exact) mass is 559 g/mol. The third-order valence-corrected chi connectivity index (χ3v) is 8.79. The fraction of sp³-hybridized carbons (Fsp3) is 0.265. The van der Waals surface area contributed by atoms with E-state index in [1.165, 1.54) is 0 Å². The molecule has 2 fully saturated rings. The van der Waals surface area contributed by atoms with Gasteiger partial charge in [0.1, 0.15) is 12.1 Å². The number of benzene rings is 4. The molecular formula is C34H33N5O3. The topological polar surface area (TPSA) is 76.2 Å². The lowest BCUT2D eigenvalue weighted by atomic mass is 9.97. The number of hydrogen-bond acceptors (Lipinski definition) is 5. The number of nitrogens with zero attached hydrogens (tertiary/aromatic N) is 4. The van der Waals surface area contributed by atoms with E-state index in [0.717, 1.165) is 35.1 Å². The van der Waals surface area contributed by atoms with Crippen molar-refractivity contribution in [1.82, 2.24) is 14.7 Å². The van der Waals surface area contributed by atoms with Gasteiger partial charge in [-0.2, -0.15) is 0 Å². The molecule has 0 radical (unpaired) electrons. The third kappa shape index (κ3) is 4.77. The number of carbonyl (C=O) groups excluding carboxylic acids is 3. The molecule has 0 aromatic heterocycles. The van der Waals surface area contributed by atoms with Gasteiger partial charge in [0, 0.05) is 51.5 Å². The van der Waals surface area contributed by atoms with Crippen LogP contribution in [0, 0.1) is 0 Å². The van der Waals surface area contributed by atoms with Crippen molar-refractivity contribution in [3.63, 3.8) is 0 Å². The lowest BCUT2D eigenvalue weighted by molar-refractivity contribution is -0.140. The Labute approximate surface area is 245 Å². The van der Waals surface area contributed by atoms with Gasteiger partial charge in [-0.3, -0.25) is 19.3 Å². The van der Waals surface area contributed by atoms with Gasteiger partial charge in [0.2, 0.25) is 11.8 Å². The first-order valence-electron chi connectivity index (χ1n) is 14.6. The summed E-state index contributed by atoms with van der Waals surface area (Å²) in [5, 5.41) is 5.14. The molecule has 3 amide bonds. The van der Waals surface area contributed by atoms with Gasteiger partial charge in [0.05, 0.1) is 11.3 Å². The number of rotatable bonds is 4. The highest BCUT2D eigenvalue weighted by atomic mass is 16.2. The van der Waals surface area contributed by atoms with E-state index in [9.17, 15) is 14.4 Å². The molecule has 3 aliphatic rings. The molecule has 0 bridgehead atoms. The summed E-state index contributed by atoms with van der Waals surface area (Å²) in [5.74, 6) is -0.339. The molecule has 42 heavy (non-hydrogen) atoms. The molecule has 8 nitrogen and oxygen atoms in total. The zero-order valence-electron chi connectivity index (χ0n) is 23.4. The molecule has 4 aromatic rings. The van der Waals surface area contributed by atoms with Gasteiger partial charge in [0.15, 0.2) is 0 Å². The van der Waals surface area contributed by atoms with E-state index in [4.69, 9.17) is 0 Å². The molecular weight excluding hydrogens is 526 g/mol. The fourth-order valence-corrected chi connectivity index (χ4v) is 6.54. The van der Waals surface area contributed by atoms with Crippen molar-refractivity contribution in [2.45, 2.75) is 12.1 Å². The van der Waals surface area contributed by atoms with Crippen molar-refractivity contribution in [2.75, 3.05) is 56.0 Å². The molecule has 3 aliphatic heterocycles. The van der Waals surface area contributed by atoms with Crippen LogP contribution in [0.3, 0.4) is 0 Å². The number of anilines is 2. The van der Waals surface area contributed by atoms with Crippen LogP contribution >= 0.6 is 0 Å². The highest BCUT2D eigenvalue weighted by Crippen LogP contribution is 2.32. The first-order chi connectivity index (χ1) is 20.6. The van der Waals surface area contributed by atoms with E-state index in [2.05, 4.69) is 51.5 Å². The summed E-state index contributed by atoms with van der Waals surface area (Å²) in [5.41, 5.74) is 3.10. The predicted molar refractivity (Wildman–Crippen MR) is 163 cm³/mol. The largest absolute Gasteiger partial charge is 0.368 e. The van der Waals surface area contributed by atoms with E-state index >= 15 is 0 Å². The third-order valence-electron chi connectivity index (χ3n) is 8.79. The maximum Gasteiger partial charge on any atom is 0.256 e. The van der Waals surface area contributed by atoms with Gasteiger partial charge in [0.25, 0.3) is 5.91 Å². The molecule has 3 heterocycles. The number of nitrogens with one attached hydrogen (secondary N) is 1. The van der Waals surface area contributed by atoms with E-state index < -0.39 is 12.1 Å². The number of amides is 3. The molecule has 2 saturated heterocycles. The summed E-state index contributed by atoms with van der Waals surface area (Å²) in [4.78, 5) is 49.4. The van der Waals surface area contributed by atoms with Gasteiger partial charge >= 0.3 is 0 Å². The van der Waals surface area contributed by atoms with Crippen LogP contribution in [0.25, 0.3) is 10.8 Å². The molecule has 2 atom stereocenters. The Hall–Kier alpha value is -4.69. The Balaban J connectivity index is 1.18. The summed E-state index contributed by atoms with van der Waals surface area (Å²) in [7, 11) is 0. The minimum absolute atomic E-state index is 0.0371. The van der Waals surface area contributed by atoms with E-state index in [0.29, 0.717) is 37.4 Å². The quantitative estimate of drug-likeness (QED) is 0.409. The standard InChI is InChI=1S/C34H33N5O3/c40-32-30-23-38(20-21-39(30)33(41)28-12-6-7-13-29(28)35-32)31(26-15-14-24-8-4-5-9-25(24)22-26)34(42)37-18-16-36(17-19-37)27-10-2-1-3-11-27/h1-15,22,30-31H,16-21,23H2,(H,35,40)/t30-,31?/m0/s1. The second kappa shape index (κ2) is 10.9. The van der Waals surface area contributed by atoms with E-state index in [-0.39, 0.29) is 24.3 Å². The fourth-order valence-electron chi connectivity index (χ4n) is 6.54. The van der Waals surface area contributed by atoms with Gasteiger partial charge in [-0.05, 0) is 46.7 Å². The first-order valence-corrected chi connectivity index (χ1v) is 14.6. The molecule has 212 valence electrons. The van der Waals surface area contributed by atoms with Crippen LogP contribution in [0.2, 0.25) is 0 Å². The molecule has 0 saturated carbocycles. The van der Waals surface area contributed by atoms with Gasteiger partial charge in [-0.1, -0.05) is 66.7 Å². The summed E-state index contributed by atoms with van der Waals surface area (Å²) in [6.07, 6.45) is 0. The number of fused-ring (bicyclic) bond motifs is 3. The van der Waals surface area contributed by atoms with Gasteiger partial charge in [-0.15, -0.1) is 0 Å². The van der Waals surface area contributed by atoms with Gasteiger partial charge in [-0.25, -0.2) is 0 Å². The smallest absolute Gasteiger partial charge is 0.256 e. The molecule has 1 unspecified atom stereocenters. The van der Waals surface area contributed by atoms with Crippen LogP contribution < -0.4 is 10.2 Å².